The Morgan fingerprint density at radius 2 is 1.43 bits per heavy atom. The maximum absolute atomic E-state index is 15.0. The SMILES string of the molecule is CC(C)C1=CC(=O)[C@@](C)([C@@H]2[C@@H](O)C[C@]3(C)[C@H]4CC=C5[C@H](CC[C@H](O[C@H]6OC[C@H](O)[C@@H](O[C@H]7O[C@@H](CO)[C@H](O)[C@@H](O)[C@@H]7O[C@H]7O[C@H](C)[C@@H](O)[C@H](O)[C@@H]7O)[C@@H]6O)C5(C)C)[C@@]4(C)C(=O)C[C@@]23C)O1. The Morgan fingerprint density at radius 3 is 2.08 bits per heavy atom. The molecule has 4 aliphatic carbocycles. The van der Waals surface area contributed by atoms with Gasteiger partial charge in [-0.15, -0.1) is 0 Å². The van der Waals surface area contributed by atoms with E-state index in [0.717, 1.165) is 5.57 Å². The monoisotopic (exact) mass is 924 g/mol. The number of aliphatic hydroxyl groups is 9. The van der Waals surface area contributed by atoms with Crippen molar-refractivity contribution < 1.29 is 88.7 Å². The average Bonchev–Trinajstić information content (AvgIpc) is 3.65. The van der Waals surface area contributed by atoms with Crippen LogP contribution in [0.25, 0.3) is 0 Å². The molecule has 65 heavy (non-hydrogen) atoms. The standard InChI is InChI=1S/C47H72O18/c1-19(2)25-14-28(51)47(9,65-25)39-23(49)15-44(6)27-12-10-21-22(46(27,8)29(52)16-45(39,44)7)11-13-30(43(21,4)5)62-40-36(58)37(24(50)18-59-40)63-42-38(34(56)32(54)26(17-48)61-42)64-41-35(57)33(55)31(53)20(3)60-41/h10,14,19-20,22-24,26-27,30-42,48-50,53-58H,11-13,15-18H2,1-9H3/t20-,22+,23+,24+,26+,27-,30+,31-,32+,33+,34-,35+,36+,37-,38+,39-,40-,41-,42-,44-,45+,46-,47+/m1/s1. The fourth-order valence-electron chi connectivity index (χ4n) is 13.8. The summed E-state index contributed by atoms with van der Waals surface area (Å²) in [6.45, 7) is 16.4. The van der Waals surface area contributed by atoms with Crippen molar-refractivity contribution in [3.05, 3.63) is 23.5 Å². The molecule has 368 valence electrons. The summed E-state index contributed by atoms with van der Waals surface area (Å²) in [5, 5.41) is 98.0. The predicted molar refractivity (Wildman–Crippen MR) is 225 cm³/mol. The van der Waals surface area contributed by atoms with E-state index in [2.05, 4.69) is 26.8 Å². The topological polar surface area (TPSA) is 281 Å². The van der Waals surface area contributed by atoms with Gasteiger partial charge in [0.2, 0.25) is 5.78 Å². The minimum Gasteiger partial charge on any atom is -0.483 e. The van der Waals surface area contributed by atoms with Gasteiger partial charge in [-0.2, -0.15) is 0 Å². The number of hydrogen-bond acceptors (Lipinski definition) is 18. The van der Waals surface area contributed by atoms with Crippen LogP contribution in [0.15, 0.2) is 23.5 Å². The van der Waals surface area contributed by atoms with Crippen LogP contribution in [0.2, 0.25) is 0 Å². The zero-order valence-corrected chi connectivity index (χ0v) is 38.9. The summed E-state index contributed by atoms with van der Waals surface area (Å²) in [4.78, 5) is 28.7. The first-order valence-corrected chi connectivity index (χ1v) is 23.4. The second kappa shape index (κ2) is 17.2. The van der Waals surface area contributed by atoms with Gasteiger partial charge in [-0.1, -0.05) is 60.1 Å². The maximum atomic E-state index is 15.0. The first-order valence-electron chi connectivity index (χ1n) is 23.4. The van der Waals surface area contributed by atoms with Crippen molar-refractivity contribution in [1.29, 1.82) is 0 Å². The van der Waals surface area contributed by atoms with Crippen LogP contribution in [0.4, 0.5) is 0 Å². The second-order valence-corrected chi connectivity index (χ2v) is 22.0. The molecule has 0 aromatic carbocycles. The Balaban J connectivity index is 1.000. The van der Waals surface area contributed by atoms with Crippen molar-refractivity contribution in [3.63, 3.8) is 0 Å². The van der Waals surface area contributed by atoms with Gasteiger partial charge >= 0.3 is 0 Å². The zero-order chi connectivity index (χ0) is 47.7. The smallest absolute Gasteiger partial charge is 0.202 e. The molecule has 0 aromatic rings. The summed E-state index contributed by atoms with van der Waals surface area (Å²) in [6.07, 6.45) is -17.3. The Labute approximate surface area is 379 Å². The zero-order valence-electron chi connectivity index (χ0n) is 38.9. The van der Waals surface area contributed by atoms with Crippen LogP contribution in [0, 0.1) is 45.3 Å². The van der Waals surface area contributed by atoms with Gasteiger partial charge in [-0.05, 0) is 62.2 Å². The van der Waals surface area contributed by atoms with E-state index in [1.165, 1.54) is 6.92 Å². The molecule has 0 unspecified atom stereocenters. The average molecular weight is 925 g/mol. The first-order chi connectivity index (χ1) is 30.3. The molecule has 0 bridgehead atoms. The number of carbonyl (C=O) groups excluding carboxylic acids is 2. The Kier molecular flexibility index (Phi) is 13.0. The number of fused-ring (bicyclic) bond motifs is 5. The molecule has 0 aromatic heterocycles. The van der Waals surface area contributed by atoms with Gasteiger partial charge in [0.25, 0.3) is 0 Å². The number of aliphatic hydroxyl groups excluding tert-OH is 9. The van der Waals surface area contributed by atoms with Gasteiger partial charge in [-0.25, -0.2) is 0 Å². The third-order valence-corrected chi connectivity index (χ3v) is 17.8. The van der Waals surface area contributed by atoms with Crippen LogP contribution in [0.3, 0.4) is 0 Å². The number of ether oxygens (including phenoxy) is 7. The number of rotatable bonds is 9. The van der Waals surface area contributed by atoms with Crippen molar-refractivity contribution in [3.8, 4) is 0 Å². The molecule has 0 amide bonds. The molecule has 8 aliphatic rings. The Bertz CT molecular complexity index is 1890. The van der Waals surface area contributed by atoms with E-state index in [0.29, 0.717) is 31.4 Å². The lowest BCUT2D eigenvalue weighted by molar-refractivity contribution is -0.384. The van der Waals surface area contributed by atoms with Gasteiger partial charge in [0, 0.05) is 35.2 Å². The van der Waals surface area contributed by atoms with E-state index in [9.17, 15) is 50.8 Å². The highest BCUT2D eigenvalue weighted by atomic mass is 16.8. The lowest BCUT2D eigenvalue weighted by Crippen LogP contribution is -2.66. The van der Waals surface area contributed by atoms with Crippen molar-refractivity contribution in [2.45, 2.75) is 198 Å². The molecule has 4 heterocycles. The lowest BCUT2D eigenvalue weighted by Gasteiger charge is -2.65. The number of hydrogen-bond donors (Lipinski definition) is 9. The third kappa shape index (κ3) is 7.46. The van der Waals surface area contributed by atoms with Gasteiger partial charge < -0.3 is 79.1 Å². The largest absolute Gasteiger partial charge is 0.483 e. The van der Waals surface area contributed by atoms with Crippen molar-refractivity contribution in [1.82, 2.24) is 0 Å². The van der Waals surface area contributed by atoms with Crippen LogP contribution in [-0.2, 0) is 42.7 Å². The summed E-state index contributed by atoms with van der Waals surface area (Å²) < 4.78 is 42.2. The number of ketones is 2. The fourth-order valence-corrected chi connectivity index (χ4v) is 13.8. The van der Waals surface area contributed by atoms with Crippen LogP contribution < -0.4 is 0 Å². The highest BCUT2D eigenvalue weighted by Crippen LogP contribution is 2.75. The quantitative estimate of drug-likeness (QED) is 0.139. The van der Waals surface area contributed by atoms with Gasteiger partial charge in [-0.3, -0.25) is 9.59 Å². The van der Waals surface area contributed by atoms with Gasteiger partial charge in [0.15, 0.2) is 24.5 Å². The van der Waals surface area contributed by atoms with Crippen molar-refractivity contribution in [2.24, 2.45) is 45.3 Å². The van der Waals surface area contributed by atoms with Crippen molar-refractivity contribution in [2.75, 3.05) is 13.2 Å². The van der Waals surface area contributed by atoms with E-state index in [-0.39, 0.29) is 42.3 Å². The minimum absolute atomic E-state index is 0.0127. The molecule has 18 heteroatoms. The molecule has 18 nitrogen and oxygen atoms in total. The molecular formula is C47H72O18. The highest BCUT2D eigenvalue weighted by molar-refractivity contribution is 6.00. The van der Waals surface area contributed by atoms with E-state index in [4.69, 9.17) is 33.2 Å². The van der Waals surface area contributed by atoms with Gasteiger partial charge in [0.05, 0.1) is 31.5 Å². The Hall–Kier alpha value is -1.98. The van der Waals surface area contributed by atoms with E-state index in [1.807, 2.05) is 27.7 Å². The molecule has 0 spiro atoms. The molecule has 9 N–H and O–H groups in total. The van der Waals surface area contributed by atoms with E-state index < -0.39 is 138 Å². The molecule has 4 aliphatic heterocycles. The lowest BCUT2D eigenvalue weighted by atomic mass is 9.38. The molecular weight excluding hydrogens is 852 g/mol. The fraction of sp³-hybridized carbons (Fsp3) is 0.872. The summed E-state index contributed by atoms with van der Waals surface area (Å²) in [6, 6.07) is 0. The molecule has 3 saturated heterocycles. The number of allylic oxidation sites excluding steroid dienone is 2. The second-order valence-electron chi connectivity index (χ2n) is 22.0. The highest BCUT2D eigenvalue weighted by Gasteiger charge is 2.75. The number of carbonyl (C=O) groups is 2. The summed E-state index contributed by atoms with van der Waals surface area (Å²) in [5.41, 5.74) is -2.99. The third-order valence-electron chi connectivity index (χ3n) is 17.8. The first kappa shape index (κ1) is 49.4. The van der Waals surface area contributed by atoms with Crippen LogP contribution in [0.1, 0.15) is 94.4 Å². The Morgan fingerprint density at radius 1 is 0.754 bits per heavy atom. The summed E-state index contributed by atoms with van der Waals surface area (Å²) in [5.74, 6) is -0.413. The summed E-state index contributed by atoms with van der Waals surface area (Å²) >= 11 is 0. The number of Topliss-reactive ketones (excluding diaryl/α,β-unsaturated/α-hetero) is 1. The molecule has 23 atom stereocenters. The summed E-state index contributed by atoms with van der Waals surface area (Å²) in [7, 11) is 0. The molecule has 6 fully saturated rings. The van der Waals surface area contributed by atoms with Crippen LogP contribution >= 0.6 is 0 Å². The normalized spacial score (nSPS) is 53.2. The van der Waals surface area contributed by atoms with Crippen LogP contribution in [-0.4, -0.2) is 175 Å². The van der Waals surface area contributed by atoms with Gasteiger partial charge in [0.1, 0.15) is 72.6 Å². The minimum atomic E-state index is -1.82. The maximum Gasteiger partial charge on any atom is 0.202 e. The van der Waals surface area contributed by atoms with E-state index >= 15 is 4.79 Å². The van der Waals surface area contributed by atoms with Crippen molar-refractivity contribution >= 4 is 11.6 Å². The molecule has 0 radical (unpaired) electrons. The molecule has 8 rings (SSSR count). The van der Waals surface area contributed by atoms with Crippen LogP contribution in [0.5, 0.6) is 0 Å². The molecule has 3 saturated carbocycles. The van der Waals surface area contributed by atoms with E-state index in [1.54, 1.807) is 13.0 Å². The predicted octanol–water partition coefficient (Wildman–Crippen LogP) is 0.140.